The summed E-state index contributed by atoms with van der Waals surface area (Å²) in [6.45, 7) is 3.50. The van der Waals surface area contributed by atoms with Crippen LogP contribution in [0.3, 0.4) is 0 Å². The standard InChI is InChI=1S/C13H17FN2O2S/c1-13(2,12(18)15-3)7-16-11(17)9-6-8(19)4-5-10(9)14/h4-6,19H,7H2,1-3H3,(H,15,18)(H,16,17). The van der Waals surface area contributed by atoms with Crippen LogP contribution in [0.1, 0.15) is 24.2 Å². The number of halogens is 1. The maximum absolute atomic E-state index is 13.5. The summed E-state index contributed by atoms with van der Waals surface area (Å²) in [6, 6.07) is 3.99. The molecule has 4 nitrogen and oxygen atoms in total. The molecule has 0 saturated carbocycles. The van der Waals surface area contributed by atoms with Crippen LogP contribution in [0.4, 0.5) is 4.39 Å². The molecule has 1 aromatic carbocycles. The van der Waals surface area contributed by atoms with E-state index in [9.17, 15) is 14.0 Å². The van der Waals surface area contributed by atoms with E-state index >= 15 is 0 Å². The third-order valence-corrected chi connectivity index (χ3v) is 3.01. The third kappa shape index (κ3) is 3.96. The largest absolute Gasteiger partial charge is 0.359 e. The number of hydrogen-bond donors (Lipinski definition) is 3. The maximum Gasteiger partial charge on any atom is 0.254 e. The van der Waals surface area contributed by atoms with Gasteiger partial charge in [-0.15, -0.1) is 12.6 Å². The van der Waals surface area contributed by atoms with Gasteiger partial charge in [0, 0.05) is 18.5 Å². The zero-order chi connectivity index (χ0) is 14.6. The van der Waals surface area contributed by atoms with E-state index in [2.05, 4.69) is 23.3 Å². The van der Waals surface area contributed by atoms with Crippen molar-refractivity contribution in [2.45, 2.75) is 18.7 Å². The molecule has 0 unspecified atom stereocenters. The van der Waals surface area contributed by atoms with Crippen LogP contribution < -0.4 is 10.6 Å². The lowest BCUT2D eigenvalue weighted by atomic mass is 9.92. The Morgan fingerprint density at radius 1 is 1.37 bits per heavy atom. The number of benzene rings is 1. The smallest absolute Gasteiger partial charge is 0.254 e. The molecule has 0 fully saturated rings. The van der Waals surface area contributed by atoms with E-state index in [1.54, 1.807) is 13.8 Å². The van der Waals surface area contributed by atoms with Crippen molar-refractivity contribution >= 4 is 24.4 Å². The Labute approximate surface area is 117 Å². The highest BCUT2D eigenvalue weighted by atomic mass is 32.1. The Bertz CT molecular complexity index is 503. The number of carbonyl (C=O) groups is 2. The molecule has 0 aromatic heterocycles. The Hall–Kier alpha value is -1.56. The van der Waals surface area contributed by atoms with Crippen LogP contribution in [-0.4, -0.2) is 25.4 Å². The van der Waals surface area contributed by atoms with E-state index in [4.69, 9.17) is 0 Å². The second-order valence-corrected chi connectivity index (χ2v) is 5.33. The molecule has 0 aliphatic heterocycles. The minimum absolute atomic E-state index is 0.0831. The predicted octanol–water partition coefficient (Wildman–Crippen LogP) is 1.62. The molecule has 104 valence electrons. The summed E-state index contributed by atoms with van der Waals surface area (Å²) in [7, 11) is 1.52. The van der Waals surface area contributed by atoms with Crippen molar-refractivity contribution in [1.29, 1.82) is 0 Å². The highest BCUT2D eigenvalue weighted by Crippen LogP contribution is 2.16. The lowest BCUT2D eigenvalue weighted by Gasteiger charge is -2.22. The van der Waals surface area contributed by atoms with E-state index in [0.29, 0.717) is 4.90 Å². The van der Waals surface area contributed by atoms with Crippen molar-refractivity contribution < 1.29 is 14.0 Å². The summed E-state index contributed by atoms with van der Waals surface area (Å²) in [6.07, 6.45) is 0. The number of nitrogens with one attached hydrogen (secondary N) is 2. The first-order valence-electron chi connectivity index (χ1n) is 5.77. The van der Waals surface area contributed by atoms with Crippen molar-refractivity contribution in [1.82, 2.24) is 10.6 Å². The van der Waals surface area contributed by atoms with Gasteiger partial charge in [0.25, 0.3) is 5.91 Å². The van der Waals surface area contributed by atoms with Crippen LogP contribution in [0.2, 0.25) is 0 Å². The average molecular weight is 284 g/mol. The van der Waals surface area contributed by atoms with E-state index in [1.807, 2.05) is 0 Å². The predicted molar refractivity (Wildman–Crippen MR) is 73.8 cm³/mol. The molecule has 0 heterocycles. The Balaban J connectivity index is 2.76. The first-order valence-corrected chi connectivity index (χ1v) is 6.21. The summed E-state index contributed by atoms with van der Waals surface area (Å²) < 4.78 is 13.5. The van der Waals surface area contributed by atoms with Gasteiger partial charge in [0.05, 0.1) is 11.0 Å². The van der Waals surface area contributed by atoms with Gasteiger partial charge < -0.3 is 10.6 Å². The monoisotopic (exact) mass is 284 g/mol. The molecule has 0 aliphatic rings. The molecule has 0 saturated heterocycles. The second kappa shape index (κ2) is 6.06. The maximum atomic E-state index is 13.5. The number of rotatable bonds is 4. The van der Waals surface area contributed by atoms with Crippen molar-refractivity contribution in [3.05, 3.63) is 29.6 Å². The number of amides is 2. The second-order valence-electron chi connectivity index (χ2n) is 4.81. The molecule has 0 radical (unpaired) electrons. The summed E-state index contributed by atoms with van der Waals surface area (Å²) in [5.74, 6) is -1.38. The van der Waals surface area contributed by atoms with Gasteiger partial charge in [-0.25, -0.2) is 4.39 Å². The summed E-state index contributed by atoms with van der Waals surface area (Å²) in [5, 5.41) is 5.06. The quantitative estimate of drug-likeness (QED) is 0.736. The van der Waals surface area contributed by atoms with Gasteiger partial charge in [-0.3, -0.25) is 9.59 Å². The zero-order valence-corrected chi connectivity index (χ0v) is 12.0. The minimum Gasteiger partial charge on any atom is -0.359 e. The molecule has 0 atom stereocenters. The lowest BCUT2D eigenvalue weighted by Crippen LogP contribution is -2.43. The van der Waals surface area contributed by atoms with E-state index in [-0.39, 0.29) is 18.0 Å². The fourth-order valence-corrected chi connectivity index (χ4v) is 1.71. The van der Waals surface area contributed by atoms with Crippen LogP contribution in [0.5, 0.6) is 0 Å². The first-order chi connectivity index (χ1) is 8.77. The molecule has 6 heteroatoms. The molecule has 1 rings (SSSR count). The van der Waals surface area contributed by atoms with Gasteiger partial charge >= 0.3 is 0 Å². The lowest BCUT2D eigenvalue weighted by molar-refractivity contribution is -0.128. The molecule has 2 amide bonds. The number of carbonyl (C=O) groups excluding carboxylic acids is 2. The number of hydrogen-bond acceptors (Lipinski definition) is 3. The third-order valence-electron chi connectivity index (χ3n) is 2.73. The van der Waals surface area contributed by atoms with Gasteiger partial charge in [0.1, 0.15) is 5.82 Å². The van der Waals surface area contributed by atoms with Crippen molar-refractivity contribution in [2.24, 2.45) is 5.41 Å². The zero-order valence-electron chi connectivity index (χ0n) is 11.1. The first kappa shape index (κ1) is 15.5. The van der Waals surface area contributed by atoms with Crippen molar-refractivity contribution in [3.8, 4) is 0 Å². The summed E-state index contributed by atoms with van der Waals surface area (Å²) in [4.78, 5) is 23.9. The highest BCUT2D eigenvalue weighted by Gasteiger charge is 2.27. The van der Waals surface area contributed by atoms with Crippen molar-refractivity contribution in [2.75, 3.05) is 13.6 Å². The van der Waals surface area contributed by atoms with Crippen LogP contribution >= 0.6 is 12.6 Å². The van der Waals surface area contributed by atoms with Crippen LogP contribution in [-0.2, 0) is 4.79 Å². The molecule has 19 heavy (non-hydrogen) atoms. The average Bonchev–Trinajstić information content (AvgIpc) is 2.37. The van der Waals surface area contributed by atoms with Gasteiger partial charge in [0.15, 0.2) is 0 Å². The van der Waals surface area contributed by atoms with Crippen molar-refractivity contribution in [3.63, 3.8) is 0 Å². The van der Waals surface area contributed by atoms with Crippen LogP contribution in [0, 0.1) is 11.2 Å². The molecular formula is C13H17FN2O2S. The fraction of sp³-hybridized carbons (Fsp3) is 0.385. The SMILES string of the molecule is CNC(=O)C(C)(C)CNC(=O)c1cc(S)ccc1F. The fourth-order valence-electron chi connectivity index (χ4n) is 1.50. The van der Waals surface area contributed by atoms with Crippen LogP contribution in [0.25, 0.3) is 0 Å². The van der Waals surface area contributed by atoms with E-state index < -0.39 is 17.1 Å². The van der Waals surface area contributed by atoms with Gasteiger partial charge in [-0.05, 0) is 32.0 Å². The van der Waals surface area contributed by atoms with Gasteiger partial charge in [-0.1, -0.05) is 0 Å². The normalized spacial score (nSPS) is 11.0. The topological polar surface area (TPSA) is 58.2 Å². The highest BCUT2D eigenvalue weighted by molar-refractivity contribution is 7.80. The molecule has 0 spiro atoms. The molecular weight excluding hydrogens is 267 g/mol. The molecule has 0 bridgehead atoms. The van der Waals surface area contributed by atoms with Gasteiger partial charge in [-0.2, -0.15) is 0 Å². The van der Waals surface area contributed by atoms with E-state index in [0.717, 1.165) is 0 Å². The van der Waals surface area contributed by atoms with Gasteiger partial charge in [0.2, 0.25) is 5.91 Å². The van der Waals surface area contributed by atoms with E-state index in [1.165, 1.54) is 25.2 Å². The van der Waals surface area contributed by atoms with Crippen LogP contribution in [0.15, 0.2) is 23.1 Å². The Morgan fingerprint density at radius 2 is 2.00 bits per heavy atom. The summed E-state index contributed by atoms with van der Waals surface area (Å²) >= 11 is 4.06. The Kier molecular flexibility index (Phi) is 4.94. The Morgan fingerprint density at radius 3 is 2.58 bits per heavy atom. The molecule has 2 N–H and O–H groups in total. The number of thiol groups is 1. The minimum atomic E-state index is -0.764. The molecule has 1 aromatic rings. The summed E-state index contributed by atoms with van der Waals surface area (Å²) in [5.41, 5.74) is -0.848. The molecule has 0 aliphatic carbocycles.